The van der Waals surface area contributed by atoms with Crippen LogP contribution in [0.3, 0.4) is 0 Å². The molecule has 0 aliphatic rings. The minimum absolute atomic E-state index is 0.105. The van der Waals surface area contributed by atoms with Crippen molar-refractivity contribution in [3.05, 3.63) is 35.2 Å². The molecule has 0 radical (unpaired) electrons. The zero-order valence-electron chi connectivity index (χ0n) is 10.1. The minimum atomic E-state index is -0.890. The van der Waals surface area contributed by atoms with Crippen molar-refractivity contribution in [3.8, 4) is 11.6 Å². The first kappa shape index (κ1) is 14.7. The number of nitrogen functional groups attached to an aromatic ring is 1. The smallest absolute Gasteiger partial charge is 0.274 e. The topological polar surface area (TPSA) is 81.0 Å². The molecule has 2 aromatic rings. The highest BCUT2D eigenvalue weighted by atomic mass is 35.5. The molecule has 10 heteroatoms. The van der Waals surface area contributed by atoms with Gasteiger partial charge in [-0.3, -0.25) is 0 Å². The lowest BCUT2D eigenvalue weighted by molar-refractivity contribution is 0.401. The number of nitrogens with zero attached hydrogens (tertiary/aromatic N) is 1. The Morgan fingerprint density at radius 1 is 1.40 bits per heavy atom. The van der Waals surface area contributed by atoms with E-state index in [9.17, 15) is 8.78 Å². The predicted molar refractivity (Wildman–Crippen MR) is 72.0 cm³/mol. The second-order valence-corrected chi connectivity index (χ2v) is 5.17. The molecule has 0 spiro atoms. The molecule has 1 unspecified atom stereocenters. The van der Waals surface area contributed by atoms with Gasteiger partial charge in [-0.05, 0) is 12.1 Å². The second kappa shape index (κ2) is 6.64. The molecule has 2 rings (SSSR count). The molecule has 0 fully saturated rings. The molecule has 1 aromatic carbocycles. The average molecular weight is 326 g/mol. The van der Waals surface area contributed by atoms with Crippen LogP contribution in [0, 0.1) is 11.6 Å². The van der Waals surface area contributed by atoms with Crippen molar-refractivity contribution in [2.24, 2.45) is 0 Å². The van der Waals surface area contributed by atoms with Crippen LogP contribution in [0.1, 0.15) is 0 Å². The van der Waals surface area contributed by atoms with Crippen molar-refractivity contribution in [1.29, 1.82) is 0 Å². The quantitative estimate of drug-likeness (QED) is 0.449. The molecule has 0 saturated carbocycles. The summed E-state index contributed by atoms with van der Waals surface area (Å²) in [5, 5.41) is 4.06. The number of alkyl halides is 1. The lowest BCUT2D eigenvalue weighted by Crippen LogP contribution is -2.18. The maximum Gasteiger partial charge on any atom is 0.274 e. The summed E-state index contributed by atoms with van der Waals surface area (Å²) in [6.07, 6.45) is 0. The second-order valence-electron chi connectivity index (χ2n) is 3.54. The van der Waals surface area contributed by atoms with E-state index in [0.717, 1.165) is 23.1 Å². The van der Waals surface area contributed by atoms with E-state index in [0.29, 0.717) is 12.5 Å². The van der Waals surface area contributed by atoms with Gasteiger partial charge in [0.1, 0.15) is 12.4 Å². The van der Waals surface area contributed by atoms with Crippen LogP contribution >= 0.6 is 22.5 Å². The van der Waals surface area contributed by atoms with Gasteiger partial charge in [-0.2, -0.15) is 0 Å². The number of halogens is 3. The van der Waals surface area contributed by atoms with Crippen molar-refractivity contribution in [2.45, 2.75) is 0 Å². The van der Waals surface area contributed by atoms with Gasteiger partial charge in [-0.15, -0.1) is 15.8 Å². The van der Waals surface area contributed by atoms with Crippen LogP contribution in [0.15, 0.2) is 23.6 Å². The first-order chi connectivity index (χ1) is 9.58. The largest absolute Gasteiger partial charge is 0.432 e. The number of H-pyrrole nitrogens is 2. The molecule has 110 valence electrons. The van der Waals surface area contributed by atoms with Crippen molar-refractivity contribution >= 4 is 22.5 Å². The summed E-state index contributed by atoms with van der Waals surface area (Å²) in [5.74, 6) is 4.37. The predicted octanol–water partition coefficient (Wildman–Crippen LogP) is 2.47. The van der Waals surface area contributed by atoms with Crippen LogP contribution in [0.4, 0.5) is 8.78 Å². The van der Waals surface area contributed by atoms with Crippen LogP contribution < -0.4 is 14.8 Å². The average Bonchev–Trinajstić information content (AvgIpc) is 2.40. The fraction of sp³-hybridized carbons (Fsp3) is 0.200. The van der Waals surface area contributed by atoms with Crippen LogP contribution in [-0.2, 0) is 0 Å². The molecule has 1 heterocycles. The molecule has 0 amide bonds. The number of benzene rings is 1. The number of aromatic amines is 2. The fourth-order valence-electron chi connectivity index (χ4n) is 1.29. The van der Waals surface area contributed by atoms with E-state index in [4.69, 9.17) is 26.4 Å². The van der Waals surface area contributed by atoms with E-state index in [1.807, 2.05) is 0 Å². The lowest BCUT2D eigenvalue weighted by Gasteiger charge is -2.06. The third kappa shape index (κ3) is 3.89. The Labute approximate surface area is 120 Å². The number of hydrogen-bond acceptors (Lipinski definition) is 3. The number of rotatable bonds is 5. The molecule has 6 nitrogen and oxygen atoms in total. The van der Waals surface area contributed by atoms with Gasteiger partial charge >= 0.3 is 0 Å². The maximum atomic E-state index is 13.5. The Hall–Kier alpha value is -1.71. The number of hydrogen-bond donors (Lipinski definition) is 3. The number of ether oxygens (including phenoxy) is 1. The summed E-state index contributed by atoms with van der Waals surface area (Å²) in [7, 11) is -0.890. The SMILES string of the molecule is Nn1[nH]c(Oc2cc(F)ccc2F)c[s+](OCCCl)[nH]1. The Balaban J connectivity index is 2.24. The van der Waals surface area contributed by atoms with Crippen LogP contribution in [0.2, 0.25) is 0 Å². The molecule has 4 N–H and O–H groups in total. The van der Waals surface area contributed by atoms with Gasteiger partial charge in [0.25, 0.3) is 22.2 Å². The van der Waals surface area contributed by atoms with E-state index in [1.54, 1.807) is 0 Å². The van der Waals surface area contributed by atoms with E-state index < -0.39 is 22.6 Å². The Kier molecular flexibility index (Phi) is 4.88. The van der Waals surface area contributed by atoms with E-state index in [-0.39, 0.29) is 11.6 Å². The molecule has 0 aliphatic heterocycles. The van der Waals surface area contributed by atoms with Gasteiger partial charge in [0.05, 0.1) is 5.88 Å². The van der Waals surface area contributed by atoms with Gasteiger partial charge in [-0.1, -0.05) is 9.39 Å². The molecular weight excluding hydrogens is 314 g/mol. The summed E-state index contributed by atoms with van der Waals surface area (Å²) in [5.41, 5.74) is 0. The molecule has 0 bridgehead atoms. The summed E-state index contributed by atoms with van der Waals surface area (Å²) < 4.78 is 39.8. The zero-order chi connectivity index (χ0) is 14.5. The van der Waals surface area contributed by atoms with E-state index >= 15 is 0 Å². The van der Waals surface area contributed by atoms with Gasteiger partial charge in [-0.25, -0.2) is 13.9 Å². The highest BCUT2D eigenvalue weighted by Gasteiger charge is 2.13. The Morgan fingerprint density at radius 2 is 2.20 bits per heavy atom. The molecule has 1 aromatic heterocycles. The first-order valence-electron chi connectivity index (χ1n) is 5.43. The lowest BCUT2D eigenvalue weighted by atomic mass is 10.3. The molecular formula is C10H12ClF2N4O2S+. The fourth-order valence-corrected chi connectivity index (χ4v) is 2.43. The minimum Gasteiger partial charge on any atom is -0.432 e. The van der Waals surface area contributed by atoms with Crippen LogP contribution in [0.5, 0.6) is 11.6 Å². The summed E-state index contributed by atoms with van der Waals surface area (Å²) >= 11 is 5.51. The summed E-state index contributed by atoms with van der Waals surface area (Å²) in [6, 6.07) is 2.89. The van der Waals surface area contributed by atoms with Crippen molar-refractivity contribution in [3.63, 3.8) is 0 Å². The number of aromatic nitrogens is 3. The monoisotopic (exact) mass is 325 g/mol. The highest BCUT2D eigenvalue weighted by molar-refractivity contribution is 7.19. The third-order valence-corrected chi connectivity index (χ3v) is 3.41. The van der Waals surface area contributed by atoms with Gasteiger partial charge < -0.3 is 10.6 Å². The number of nitrogens with one attached hydrogen (secondary N) is 2. The zero-order valence-corrected chi connectivity index (χ0v) is 11.7. The Morgan fingerprint density at radius 3 is 2.95 bits per heavy atom. The Bertz CT molecular complexity index is 620. The third-order valence-electron chi connectivity index (χ3n) is 2.03. The summed E-state index contributed by atoms with van der Waals surface area (Å²) in [4.78, 5) is 0.990. The molecule has 0 aliphatic carbocycles. The number of nitrogens with two attached hydrogens (primary N) is 1. The first-order valence-corrected chi connectivity index (χ1v) is 7.18. The molecule has 0 saturated heterocycles. The molecule has 1 atom stereocenters. The van der Waals surface area contributed by atoms with Gasteiger partial charge in [0.2, 0.25) is 0 Å². The summed E-state index contributed by atoms with van der Waals surface area (Å²) in [6.45, 7) is 0.295. The van der Waals surface area contributed by atoms with Crippen LogP contribution in [0.25, 0.3) is 0 Å². The van der Waals surface area contributed by atoms with Gasteiger partial charge in [0, 0.05) is 6.07 Å². The standard InChI is InChI=1S/C10H12ClF2N4O2S/c11-3-4-18-20-6-10(15-17(14)16-20)19-9-5-7(12)1-2-8(9)13/h1-2,5-6,15-16H,3-4,14H2/q+1. The van der Waals surface area contributed by atoms with E-state index in [2.05, 4.69) is 9.59 Å². The van der Waals surface area contributed by atoms with Gasteiger partial charge in [0.15, 0.2) is 11.6 Å². The van der Waals surface area contributed by atoms with Crippen molar-refractivity contribution in [1.82, 2.24) is 14.5 Å². The maximum absolute atomic E-state index is 13.5. The van der Waals surface area contributed by atoms with Crippen LogP contribution in [-0.4, -0.2) is 27.0 Å². The van der Waals surface area contributed by atoms with Crippen molar-refractivity contribution in [2.75, 3.05) is 18.3 Å². The normalized spacial score (nSPS) is 11.4. The van der Waals surface area contributed by atoms with Crippen molar-refractivity contribution < 1.29 is 17.7 Å². The van der Waals surface area contributed by atoms with E-state index in [1.165, 1.54) is 5.38 Å². The highest BCUT2D eigenvalue weighted by Crippen LogP contribution is 2.25. The molecule has 20 heavy (non-hydrogen) atoms.